The smallest absolute Gasteiger partial charge is 0.0357 e. The molecule has 0 aromatic carbocycles. The molecule has 0 N–H and O–H groups in total. The molecule has 0 aliphatic carbocycles. The Kier molecular flexibility index (Phi) is 7.66. The molecule has 0 rings (SSSR count). The highest BCUT2D eigenvalue weighted by Gasteiger charge is 1.86. The minimum atomic E-state index is 1.03. The second-order valence-corrected chi connectivity index (χ2v) is 2.58. The summed E-state index contributed by atoms with van der Waals surface area (Å²) in [5.74, 6) is 0. The van der Waals surface area contributed by atoms with Gasteiger partial charge in [0, 0.05) is 11.9 Å². The molecule has 0 aliphatic heterocycles. The second-order valence-electron chi connectivity index (χ2n) is 2.58. The van der Waals surface area contributed by atoms with Gasteiger partial charge in [-0.1, -0.05) is 25.2 Å². The highest BCUT2D eigenvalue weighted by Crippen LogP contribution is 2.05. The van der Waals surface area contributed by atoms with Gasteiger partial charge in [0.25, 0.3) is 0 Å². The van der Waals surface area contributed by atoms with Gasteiger partial charge in [0.2, 0.25) is 0 Å². The lowest BCUT2D eigenvalue weighted by molar-refractivity contribution is 0.984. The van der Waals surface area contributed by atoms with E-state index in [1.54, 1.807) is 0 Å². The topological polar surface area (TPSA) is 12.4 Å². The molecule has 0 bridgehead atoms. The Labute approximate surface area is 75.9 Å². The zero-order chi connectivity index (χ0) is 9.23. The van der Waals surface area contributed by atoms with Gasteiger partial charge in [-0.3, -0.25) is 4.99 Å². The van der Waals surface area contributed by atoms with E-state index in [0.717, 1.165) is 19.3 Å². The number of unbranched alkanes of at least 4 members (excludes halogenated alkanes) is 1. The standard InChI is InChI=1S/C11H19N/c1-4-7-8-9-10-11(5-2)12-6-3/h4,6-7,10H,5,8-9H2,1-3H3/b7-4?,11-10-,12-6?. The van der Waals surface area contributed by atoms with Crippen molar-refractivity contribution < 1.29 is 0 Å². The van der Waals surface area contributed by atoms with Crippen molar-refractivity contribution in [1.29, 1.82) is 0 Å². The fourth-order valence-electron chi connectivity index (χ4n) is 0.967. The van der Waals surface area contributed by atoms with Crippen LogP contribution in [0.5, 0.6) is 0 Å². The summed E-state index contributed by atoms with van der Waals surface area (Å²) < 4.78 is 0. The quantitative estimate of drug-likeness (QED) is 0.334. The van der Waals surface area contributed by atoms with Crippen LogP contribution in [-0.4, -0.2) is 6.21 Å². The maximum Gasteiger partial charge on any atom is 0.0357 e. The van der Waals surface area contributed by atoms with Crippen molar-refractivity contribution in [2.75, 3.05) is 0 Å². The molecule has 0 radical (unpaired) electrons. The number of nitrogens with zero attached hydrogens (tertiary/aromatic N) is 1. The lowest BCUT2D eigenvalue weighted by atomic mass is 10.2. The van der Waals surface area contributed by atoms with Crippen LogP contribution in [0.4, 0.5) is 0 Å². The number of aliphatic imine (C=N–C) groups is 1. The molecule has 0 aromatic rings. The van der Waals surface area contributed by atoms with Crippen LogP contribution in [0.1, 0.15) is 40.0 Å². The van der Waals surface area contributed by atoms with Crippen LogP contribution in [0.2, 0.25) is 0 Å². The predicted octanol–water partition coefficient (Wildman–Crippen LogP) is 3.73. The monoisotopic (exact) mass is 165 g/mol. The molecule has 68 valence electrons. The average molecular weight is 165 g/mol. The summed E-state index contributed by atoms with van der Waals surface area (Å²) in [6.07, 6.45) is 11.6. The minimum absolute atomic E-state index is 1.03. The first-order valence-electron chi connectivity index (χ1n) is 4.64. The number of hydrogen-bond acceptors (Lipinski definition) is 1. The molecule has 0 fully saturated rings. The summed E-state index contributed by atoms with van der Waals surface area (Å²) in [5.41, 5.74) is 1.20. The summed E-state index contributed by atoms with van der Waals surface area (Å²) in [7, 11) is 0. The molecule has 0 amide bonds. The molecule has 0 aliphatic rings. The first kappa shape index (κ1) is 11.2. The minimum Gasteiger partial charge on any atom is -0.266 e. The van der Waals surface area contributed by atoms with Crippen molar-refractivity contribution in [3.63, 3.8) is 0 Å². The van der Waals surface area contributed by atoms with Crippen LogP contribution < -0.4 is 0 Å². The van der Waals surface area contributed by atoms with Gasteiger partial charge in [0.1, 0.15) is 0 Å². The molecule has 1 heteroatoms. The average Bonchev–Trinajstić information content (AvgIpc) is 2.10. The highest BCUT2D eigenvalue weighted by atomic mass is 14.7. The number of allylic oxidation sites excluding steroid dienone is 4. The molecule has 12 heavy (non-hydrogen) atoms. The largest absolute Gasteiger partial charge is 0.266 e. The van der Waals surface area contributed by atoms with E-state index in [1.165, 1.54) is 5.70 Å². The summed E-state index contributed by atoms with van der Waals surface area (Å²) >= 11 is 0. The Morgan fingerprint density at radius 3 is 2.50 bits per heavy atom. The summed E-state index contributed by atoms with van der Waals surface area (Å²) in [5, 5.41) is 0. The summed E-state index contributed by atoms with van der Waals surface area (Å²) in [4.78, 5) is 4.25. The first-order valence-corrected chi connectivity index (χ1v) is 4.64. The zero-order valence-electron chi connectivity index (χ0n) is 8.38. The van der Waals surface area contributed by atoms with Gasteiger partial charge in [0.05, 0.1) is 0 Å². The van der Waals surface area contributed by atoms with Gasteiger partial charge in [-0.25, -0.2) is 0 Å². The van der Waals surface area contributed by atoms with Crippen molar-refractivity contribution in [3.05, 3.63) is 23.9 Å². The second kappa shape index (κ2) is 8.25. The van der Waals surface area contributed by atoms with Crippen molar-refractivity contribution in [3.8, 4) is 0 Å². The van der Waals surface area contributed by atoms with E-state index in [2.05, 4.69) is 37.1 Å². The van der Waals surface area contributed by atoms with Crippen molar-refractivity contribution >= 4 is 6.21 Å². The third-order valence-electron chi connectivity index (χ3n) is 1.61. The zero-order valence-corrected chi connectivity index (χ0v) is 8.38. The highest BCUT2D eigenvalue weighted by molar-refractivity contribution is 5.55. The molecule has 0 saturated heterocycles. The molecule has 0 atom stereocenters. The van der Waals surface area contributed by atoms with Gasteiger partial charge in [-0.2, -0.15) is 0 Å². The SMILES string of the molecule is CC=CCC/C=C(/CC)N=CC. The first-order chi connectivity index (χ1) is 5.85. The van der Waals surface area contributed by atoms with Gasteiger partial charge >= 0.3 is 0 Å². The number of hydrogen-bond donors (Lipinski definition) is 0. The molecular weight excluding hydrogens is 146 g/mol. The van der Waals surface area contributed by atoms with E-state index >= 15 is 0 Å². The van der Waals surface area contributed by atoms with Crippen LogP contribution in [0.3, 0.4) is 0 Å². The van der Waals surface area contributed by atoms with Crippen LogP contribution in [0, 0.1) is 0 Å². The Balaban J connectivity index is 3.77. The van der Waals surface area contributed by atoms with E-state index < -0.39 is 0 Å². The van der Waals surface area contributed by atoms with Crippen LogP contribution >= 0.6 is 0 Å². The Morgan fingerprint density at radius 1 is 1.25 bits per heavy atom. The molecule has 0 spiro atoms. The lowest BCUT2D eigenvalue weighted by Crippen LogP contribution is -1.76. The van der Waals surface area contributed by atoms with Gasteiger partial charge in [-0.05, 0) is 33.1 Å². The predicted molar refractivity (Wildman–Crippen MR) is 56.6 cm³/mol. The van der Waals surface area contributed by atoms with Crippen LogP contribution in [0.15, 0.2) is 28.9 Å². The van der Waals surface area contributed by atoms with Crippen molar-refractivity contribution in [2.24, 2.45) is 4.99 Å². The Morgan fingerprint density at radius 2 is 2.00 bits per heavy atom. The normalized spacial score (nSPS) is 13.4. The van der Waals surface area contributed by atoms with E-state index in [0.29, 0.717) is 0 Å². The molecule has 1 nitrogen and oxygen atoms in total. The van der Waals surface area contributed by atoms with E-state index in [4.69, 9.17) is 0 Å². The van der Waals surface area contributed by atoms with Gasteiger partial charge in [-0.15, -0.1) is 0 Å². The molecule has 0 aromatic heterocycles. The maximum absolute atomic E-state index is 4.25. The van der Waals surface area contributed by atoms with Crippen molar-refractivity contribution in [1.82, 2.24) is 0 Å². The van der Waals surface area contributed by atoms with Gasteiger partial charge in [0.15, 0.2) is 0 Å². The lowest BCUT2D eigenvalue weighted by Gasteiger charge is -1.94. The van der Waals surface area contributed by atoms with Crippen LogP contribution in [-0.2, 0) is 0 Å². The third kappa shape index (κ3) is 5.90. The van der Waals surface area contributed by atoms with Crippen LogP contribution in [0.25, 0.3) is 0 Å². The molecular formula is C11H19N. The summed E-state index contributed by atoms with van der Waals surface area (Å²) in [6, 6.07) is 0. The third-order valence-corrected chi connectivity index (χ3v) is 1.61. The Bertz CT molecular complexity index is 175. The maximum atomic E-state index is 4.25. The van der Waals surface area contributed by atoms with E-state index in [1.807, 2.05) is 13.1 Å². The molecule has 0 heterocycles. The summed E-state index contributed by atoms with van der Waals surface area (Å²) in [6.45, 7) is 6.14. The van der Waals surface area contributed by atoms with Crippen molar-refractivity contribution in [2.45, 2.75) is 40.0 Å². The Hall–Kier alpha value is -0.850. The molecule has 0 saturated carbocycles. The number of rotatable bonds is 5. The van der Waals surface area contributed by atoms with E-state index in [9.17, 15) is 0 Å². The fourth-order valence-corrected chi connectivity index (χ4v) is 0.967. The van der Waals surface area contributed by atoms with E-state index in [-0.39, 0.29) is 0 Å². The molecule has 0 unspecified atom stereocenters. The van der Waals surface area contributed by atoms with Gasteiger partial charge < -0.3 is 0 Å². The fraction of sp³-hybridized carbons (Fsp3) is 0.545.